The van der Waals surface area contributed by atoms with Crippen molar-refractivity contribution >= 4 is 30.3 Å². The van der Waals surface area contributed by atoms with E-state index in [0.29, 0.717) is 25.7 Å². The summed E-state index contributed by atoms with van der Waals surface area (Å²) in [7, 11) is 0. The van der Waals surface area contributed by atoms with Crippen molar-refractivity contribution in [2.75, 3.05) is 52.9 Å². The molecule has 14 heteroatoms. The highest BCUT2D eigenvalue weighted by Gasteiger charge is 2.64. The summed E-state index contributed by atoms with van der Waals surface area (Å²) in [5, 5.41) is 1.77. The number of esters is 4. The van der Waals surface area contributed by atoms with Crippen molar-refractivity contribution in [2.45, 2.75) is 98.4 Å². The molecule has 0 aromatic carbocycles. The zero-order chi connectivity index (χ0) is 34.1. The van der Waals surface area contributed by atoms with Crippen molar-refractivity contribution in [3.8, 4) is 0 Å². The molecule has 3 unspecified atom stereocenters. The Labute approximate surface area is 265 Å². The summed E-state index contributed by atoms with van der Waals surface area (Å²) >= 11 is 0. The SMILES string of the molecule is CCC1(C)CC2(OCC(COCC(COC(C)=O)(COC(C)=O)COC(C)=O)(COC(C)=O)CO2)C(C)C(C)(CC)N1OC=O. The molecular formula is C31H51NO13. The number of rotatable bonds is 16. The molecule has 2 aliphatic heterocycles. The Morgan fingerprint density at radius 2 is 1.29 bits per heavy atom. The van der Waals surface area contributed by atoms with Crippen LogP contribution in [-0.2, 0) is 62.0 Å². The molecule has 45 heavy (non-hydrogen) atoms. The molecule has 258 valence electrons. The number of ether oxygens (including phenoxy) is 7. The van der Waals surface area contributed by atoms with Crippen molar-refractivity contribution in [1.82, 2.24) is 5.06 Å². The zero-order valence-electron chi connectivity index (χ0n) is 28.2. The predicted molar refractivity (Wildman–Crippen MR) is 157 cm³/mol. The number of hydroxylamine groups is 2. The summed E-state index contributed by atoms with van der Waals surface area (Å²) in [5.41, 5.74) is -3.38. The highest BCUT2D eigenvalue weighted by molar-refractivity contribution is 5.67. The summed E-state index contributed by atoms with van der Waals surface area (Å²) in [6, 6.07) is 0. The van der Waals surface area contributed by atoms with Gasteiger partial charge in [0.25, 0.3) is 0 Å². The second kappa shape index (κ2) is 15.7. The molecule has 0 radical (unpaired) electrons. The lowest BCUT2D eigenvalue weighted by Gasteiger charge is -2.63. The van der Waals surface area contributed by atoms with Gasteiger partial charge < -0.3 is 38.0 Å². The van der Waals surface area contributed by atoms with Crippen LogP contribution < -0.4 is 0 Å². The fourth-order valence-electron chi connectivity index (χ4n) is 5.98. The molecule has 2 saturated heterocycles. The summed E-state index contributed by atoms with van der Waals surface area (Å²) in [6.07, 6.45) is 1.69. The van der Waals surface area contributed by atoms with E-state index in [9.17, 15) is 24.0 Å². The van der Waals surface area contributed by atoms with Crippen LogP contribution in [0.5, 0.6) is 0 Å². The Balaban J connectivity index is 2.35. The van der Waals surface area contributed by atoms with E-state index in [1.165, 1.54) is 27.7 Å². The van der Waals surface area contributed by atoms with Gasteiger partial charge in [0, 0.05) is 40.0 Å². The number of hydrogen-bond donors (Lipinski definition) is 0. The van der Waals surface area contributed by atoms with Gasteiger partial charge in [-0.3, -0.25) is 24.0 Å². The maximum atomic E-state index is 11.9. The van der Waals surface area contributed by atoms with Crippen LogP contribution in [0.4, 0.5) is 0 Å². The fraction of sp³-hybridized carbons (Fsp3) is 0.839. The van der Waals surface area contributed by atoms with Gasteiger partial charge in [0.05, 0.1) is 48.3 Å². The Morgan fingerprint density at radius 1 is 0.800 bits per heavy atom. The highest BCUT2D eigenvalue weighted by atomic mass is 16.7. The van der Waals surface area contributed by atoms with E-state index in [1.807, 2.05) is 34.6 Å². The highest BCUT2D eigenvalue weighted by Crippen LogP contribution is 2.54. The topological polar surface area (TPSA) is 162 Å². The molecule has 1 spiro atoms. The largest absolute Gasteiger partial charge is 0.465 e. The summed E-state index contributed by atoms with van der Waals surface area (Å²) < 4.78 is 40.6. The van der Waals surface area contributed by atoms with Gasteiger partial charge in [0.15, 0.2) is 5.79 Å². The summed E-state index contributed by atoms with van der Waals surface area (Å²) in [5.74, 6) is -3.51. The van der Waals surface area contributed by atoms with E-state index in [1.54, 1.807) is 5.06 Å². The first kappa shape index (κ1) is 38.4. The minimum Gasteiger partial charge on any atom is -0.465 e. The lowest BCUT2D eigenvalue weighted by Crippen LogP contribution is -2.74. The van der Waals surface area contributed by atoms with E-state index in [-0.39, 0.29) is 58.8 Å². The number of carbonyl (C=O) groups excluding carboxylic acids is 5. The fourth-order valence-corrected chi connectivity index (χ4v) is 5.98. The quantitative estimate of drug-likeness (QED) is 0.137. The number of carbonyl (C=O) groups is 5. The summed E-state index contributed by atoms with van der Waals surface area (Å²) in [6.45, 7) is 14.7. The molecule has 0 aromatic rings. The molecule has 0 saturated carbocycles. The van der Waals surface area contributed by atoms with Crippen molar-refractivity contribution < 1.29 is 62.0 Å². The van der Waals surface area contributed by atoms with Crippen molar-refractivity contribution in [3.63, 3.8) is 0 Å². The van der Waals surface area contributed by atoms with Crippen LogP contribution in [0.25, 0.3) is 0 Å². The van der Waals surface area contributed by atoms with Gasteiger partial charge in [0.1, 0.15) is 26.4 Å². The average Bonchev–Trinajstić information content (AvgIpc) is 2.99. The molecule has 0 aliphatic carbocycles. The van der Waals surface area contributed by atoms with Crippen molar-refractivity contribution in [2.24, 2.45) is 16.7 Å². The van der Waals surface area contributed by atoms with Crippen molar-refractivity contribution in [3.05, 3.63) is 0 Å². The van der Waals surface area contributed by atoms with E-state index in [2.05, 4.69) is 0 Å². The van der Waals surface area contributed by atoms with Gasteiger partial charge in [-0.25, -0.2) is 0 Å². The number of piperidine rings is 1. The van der Waals surface area contributed by atoms with Crippen LogP contribution in [0.15, 0.2) is 0 Å². The minimum atomic E-state index is -1.21. The molecular weight excluding hydrogens is 594 g/mol. The third-order valence-corrected chi connectivity index (χ3v) is 9.19. The first-order chi connectivity index (χ1) is 21.0. The van der Waals surface area contributed by atoms with Crippen LogP contribution in [0.3, 0.4) is 0 Å². The lowest BCUT2D eigenvalue weighted by molar-refractivity contribution is -0.403. The average molecular weight is 646 g/mol. The minimum absolute atomic E-state index is 0.0246. The van der Waals surface area contributed by atoms with Crippen LogP contribution in [0.2, 0.25) is 0 Å². The number of hydrogen-bond acceptors (Lipinski definition) is 14. The van der Waals surface area contributed by atoms with Crippen molar-refractivity contribution in [1.29, 1.82) is 0 Å². The van der Waals surface area contributed by atoms with E-state index in [0.717, 1.165) is 0 Å². The van der Waals surface area contributed by atoms with Crippen LogP contribution in [0, 0.1) is 16.7 Å². The summed E-state index contributed by atoms with van der Waals surface area (Å²) in [4.78, 5) is 63.9. The third-order valence-electron chi connectivity index (χ3n) is 9.19. The second-order valence-corrected chi connectivity index (χ2v) is 13.0. The molecule has 2 heterocycles. The van der Waals surface area contributed by atoms with Gasteiger partial charge in [-0.15, -0.1) is 5.06 Å². The van der Waals surface area contributed by atoms with Crippen LogP contribution in [0.1, 0.15) is 81.6 Å². The molecule has 2 rings (SSSR count). The van der Waals surface area contributed by atoms with Gasteiger partial charge in [-0.2, -0.15) is 0 Å². The maximum absolute atomic E-state index is 11.9. The molecule has 0 bridgehead atoms. The molecule has 0 N–H and O–H groups in total. The standard InChI is InChI=1S/C31H51NO13/c1-10-27(8)12-31(22(3)28(9,11-2)32(27)45-21-33)43-19-30(20-44-31,18-42-26(7)37)14-38-13-29(15-39-23(4)34,16-40-24(5)35)17-41-25(6)36/h21-22H,10-20H2,1-9H3. The number of nitrogens with zero attached hydrogens (tertiary/aromatic N) is 1. The second-order valence-electron chi connectivity index (χ2n) is 13.0. The van der Waals surface area contributed by atoms with E-state index < -0.39 is 51.6 Å². The molecule has 0 aromatic heterocycles. The molecule has 3 atom stereocenters. The molecule has 2 fully saturated rings. The Bertz CT molecular complexity index is 1010. The van der Waals surface area contributed by atoms with Gasteiger partial charge in [-0.05, 0) is 26.7 Å². The normalized spacial score (nSPS) is 30.3. The Hall–Kier alpha value is -2.81. The third kappa shape index (κ3) is 9.36. The molecule has 2 aliphatic rings. The smallest absolute Gasteiger partial charge is 0.313 e. The monoisotopic (exact) mass is 645 g/mol. The van der Waals surface area contributed by atoms with Gasteiger partial charge >= 0.3 is 30.3 Å². The molecule has 0 amide bonds. The van der Waals surface area contributed by atoms with Crippen LogP contribution in [-0.4, -0.2) is 105 Å². The predicted octanol–water partition coefficient (Wildman–Crippen LogP) is 2.74. The van der Waals surface area contributed by atoms with E-state index in [4.69, 9.17) is 38.0 Å². The first-order valence-electron chi connectivity index (χ1n) is 15.3. The zero-order valence-corrected chi connectivity index (χ0v) is 28.2. The maximum Gasteiger partial charge on any atom is 0.313 e. The van der Waals surface area contributed by atoms with Gasteiger partial charge in [-0.1, -0.05) is 20.8 Å². The Morgan fingerprint density at radius 3 is 1.69 bits per heavy atom. The lowest BCUT2D eigenvalue weighted by atomic mass is 9.67. The van der Waals surface area contributed by atoms with Crippen LogP contribution >= 0.6 is 0 Å². The Kier molecular flexibility index (Phi) is 13.3. The van der Waals surface area contributed by atoms with Gasteiger partial charge in [0.2, 0.25) is 0 Å². The molecule has 14 nitrogen and oxygen atoms in total. The van der Waals surface area contributed by atoms with E-state index >= 15 is 0 Å². The first-order valence-corrected chi connectivity index (χ1v) is 15.3.